The van der Waals surface area contributed by atoms with Gasteiger partial charge in [-0.1, -0.05) is 17.7 Å². The number of rotatable bonds is 3. The fourth-order valence-electron chi connectivity index (χ4n) is 3.24. The van der Waals surface area contributed by atoms with Gasteiger partial charge in [0.25, 0.3) is 5.91 Å². The van der Waals surface area contributed by atoms with Gasteiger partial charge < -0.3 is 15.2 Å². The predicted molar refractivity (Wildman–Crippen MR) is 80.1 cm³/mol. The molecule has 4 nitrogen and oxygen atoms in total. The second kappa shape index (κ2) is 6.14. The Balaban J connectivity index is 1.73. The van der Waals surface area contributed by atoms with Crippen LogP contribution in [0.4, 0.5) is 4.39 Å². The van der Waals surface area contributed by atoms with Crippen LogP contribution in [0.25, 0.3) is 0 Å². The molecule has 1 amide bonds. The van der Waals surface area contributed by atoms with E-state index in [1.807, 2.05) is 0 Å². The molecule has 2 atom stereocenters. The maximum absolute atomic E-state index is 13.6. The van der Waals surface area contributed by atoms with Gasteiger partial charge in [-0.3, -0.25) is 4.79 Å². The van der Waals surface area contributed by atoms with Crippen LogP contribution in [0.1, 0.15) is 43.8 Å². The molecule has 1 aromatic rings. The first-order chi connectivity index (χ1) is 10.5. The third-order valence-corrected chi connectivity index (χ3v) is 4.84. The Bertz CT molecular complexity index is 575. The molecule has 0 aromatic heterocycles. The number of carbonyl (C=O) groups excluding carboxylic acids is 1. The van der Waals surface area contributed by atoms with Gasteiger partial charge in [0.05, 0.1) is 11.1 Å². The first-order valence-corrected chi connectivity index (χ1v) is 7.97. The van der Waals surface area contributed by atoms with Crippen LogP contribution in [0.2, 0.25) is 5.02 Å². The second-order valence-corrected chi connectivity index (χ2v) is 6.48. The molecule has 1 saturated carbocycles. The monoisotopic (exact) mass is 327 g/mol. The molecule has 2 fully saturated rings. The first kappa shape index (κ1) is 15.7. The topological polar surface area (TPSA) is 58.6 Å². The summed E-state index contributed by atoms with van der Waals surface area (Å²) in [5.41, 5.74) is -0.624. The highest BCUT2D eigenvalue weighted by Crippen LogP contribution is 2.33. The molecule has 0 spiro atoms. The number of carbonyl (C=O) groups is 1. The molecule has 2 N–H and O–H groups in total. The maximum Gasteiger partial charge on any atom is 0.252 e. The van der Waals surface area contributed by atoms with E-state index in [-0.39, 0.29) is 17.0 Å². The Morgan fingerprint density at radius 2 is 2.14 bits per heavy atom. The van der Waals surface area contributed by atoms with Crippen molar-refractivity contribution in [1.82, 2.24) is 5.32 Å². The first-order valence-electron chi connectivity index (χ1n) is 7.59. The lowest BCUT2D eigenvalue weighted by Crippen LogP contribution is -2.49. The van der Waals surface area contributed by atoms with Gasteiger partial charge in [0.15, 0.2) is 0 Å². The summed E-state index contributed by atoms with van der Waals surface area (Å²) >= 11 is 5.69. The molecule has 1 aromatic carbocycles. The van der Waals surface area contributed by atoms with Crippen molar-refractivity contribution in [3.63, 3.8) is 0 Å². The number of hydrogen-bond acceptors (Lipinski definition) is 3. The van der Waals surface area contributed by atoms with Gasteiger partial charge in [0.1, 0.15) is 17.5 Å². The summed E-state index contributed by atoms with van der Waals surface area (Å²) in [6.07, 6.45) is 2.92. The summed E-state index contributed by atoms with van der Waals surface area (Å²) in [5, 5.41) is 13.3. The number of amides is 1. The molecular weight excluding hydrogens is 309 g/mol. The zero-order valence-electron chi connectivity index (χ0n) is 12.1. The van der Waals surface area contributed by atoms with E-state index in [0.717, 1.165) is 12.8 Å². The molecule has 1 aliphatic heterocycles. The number of nitrogens with one attached hydrogen (secondary N) is 1. The summed E-state index contributed by atoms with van der Waals surface area (Å²) in [6.45, 7) is 0.484. The number of ether oxygens (including phenoxy) is 1. The summed E-state index contributed by atoms with van der Waals surface area (Å²) in [5.74, 6) is -0.853. The number of halogens is 2. The smallest absolute Gasteiger partial charge is 0.252 e. The lowest BCUT2D eigenvalue weighted by molar-refractivity contribution is -0.140. The molecule has 6 heteroatoms. The van der Waals surface area contributed by atoms with Crippen LogP contribution in [0.3, 0.4) is 0 Å². The van der Waals surface area contributed by atoms with E-state index in [2.05, 4.69) is 5.32 Å². The number of benzene rings is 1. The minimum atomic E-state index is -1.27. The van der Waals surface area contributed by atoms with Crippen LogP contribution in [0.5, 0.6) is 0 Å². The fourth-order valence-corrected chi connectivity index (χ4v) is 3.36. The zero-order valence-corrected chi connectivity index (χ0v) is 12.9. The summed E-state index contributed by atoms with van der Waals surface area (Å²) in [7, 11) is 0. The van der Waals surface area contributed by atoms with Crippen molar-refractivity contribution in [2.45, 2.75) is 49.9 Å². The van der Waals surface area contributed by atoms with Crippen LogP contribution in [0, 0.1) is 5.82 Å². The highest BCUT2D eigenvalue weighted by molar-refractivity contribution is 6.30. The third kappa shape index (κ3) is 2.98. The van der Waals surface area contributed by atoms with Crippen molar-refractivity contribution in [3.05, 3.63) is 34.6 Å². The zero-order chi connectivity index (χ0) is 15.7. The largest absolute Gasteiger partial charge is 0.380 e. The molecule has 0 bridgehead atoms. The van der Waals surface area contributed by atoms with Gasteiger partial charge in [-0.25, -0.2) is 4.39 Å². The average molecular weight is 328 g/mol. The van der Waals surface area contributed by atoms with Crippen molar-refractivity contribution in [1.29, 1.82) is 0 Å². The highest BCUT2D eigenvalue weighted by atomic mass is 35.5. The van der Waals surface area contributed by atoms with E-state index >= 15 is 0 Å². The van der Waals surface area contributed by atoms with E-state index in [4.69, 9.17) is 16.3 Å². The quantitative estimate of drug-likeness (QED) is 0.897. The second-order valence-electron chi connectivity index (χ2n) is 6.07. The molecule has 0 unspecified atom stereocenters. The van der Waals surface area contributed by atoms with Gasteiger partial charge in [-0.15, -0.1) is 0 Å². The maximum atomic E-state index is 13.6. The molecule has 3 rings (SSSR count). The molecular formula is C16H19ClFNO3. The Morgan fingerprint density at radius 1 is 1.41 bits per heavy atom. The van der Waals surface area contributed by atoms with E-state index < -0.39 is 17.5 Å². The van der Waals surface area contributed by atoms with Crippen molar-refractivity contribution in [3.8, 4) is 0 Å². The van der Waals surface area contributed by atoms with Crippen molar-refractivity contribution in [2.75, 3.05) is 6.61 Å². The Labute approximate surface area is 133 Å². The van der Waals surface area contributed by atoms with Crippen molar-refractivity contribution < 1.29 is 19.0 Å². The normalized spacial score (nSPS) is 27.0. The SMILES string of the molecule is O=C(N[C@H]1CCO[C@H]1c1ccc(Cl)c(F)c1)C1(O)CCCC1. The van der Waals surface area contributed by atoms with E-state index in [1.54, 1.807) is 6.07 Å². The lowest BCUT2D eigenvalue weighted by atomic mass is 9.98. The minimum Gasteiger partial charge on any atom is -0.380 e. The van der Waals surface area contributed by atoms with E-state index in [9.17, 15) is 14.3 Å². The van der Waals surface area contributed by atoms with E-state index in [1.165, 1.54) is 12.1 Å². The number of hydrogen-bond donors (Lipinski definition) is 2. The Hall–Kier alpha value is -1.17. The minimum absolute atomic E-state index is 0.0580. The predicted octanol–water partition coefficient (Wildman–Crippen LogP) is 2.73. The number of aliphatic hydroxyl groups is 1. The molecule has 120 valence electrons. The van der Waals surface area contributed by atoms with Gasteiger partial charge >= 0.3 is 0 Å². The third-order valence-electron chi connectivity index (χ3n) is 4.53. The highest BCUT2D eigenvalue weighted by Gasteiger charge is 2.41. The Kier molecular flexibility index (Phi) is 4.39. The van der Waals surface area contributed by atoms with Crippen LogP contribution in [-0.2, 0) is 9.53 Å². The van der Waals surface area contributed by atoms with E-state index in [0.29, 0.717) is 31.4 Å². The molecule has 0 radical (unpaired) electrons. The van der Waals surface area contributed by atoms with Crippen molar-refractivity contribution in [2.24, 2.45) is 0 Å². The van der Waals surface area contributed by atoms with Crippen molar-refractivity contribution >= 4 is 17.5 Å². The summed E-state index contributed by atoms with van der Waals surface area (Å²) in [6, 6.07) is 4.25. The molecule has 1 aliphatic carbocycles. The molecule has 22 heavy (non-hydrogen) atoms. The Morgan fingerprint density at radius 3 is 2.82 bits per heavy atom. The summed E-state index contributed by atoms with van der Waals surface area (Å²) < 4.78 is 19.3. The molecule has 1 heterocycles. The van der Waals surface area contributed by atoms with Crippen LogP contribution >= 0.6 is 11.6 Å². The van der Waals surface area contributed by atoms with Crippen LogP contribution in [0.15, 0.2) is 18.2 Å². The van der Waals surface area contributed by atoms with Gasteiger partial charge in [0.2, 0.25) is 0 Å². The van der Waals surface area contributed by atoms with Gasteiger partial charge in [-0.2, -0.15) is 0 Å². The van der Waals surface area contributed by atoms with Gasteiger partial charge in [0, 0.05) is 6.61 Å². The van der Waals surface area contributed by atoms with Gasteiger partial charge in [-0.05, 0) is 49.8 Å². The molecule has 1 saturated heterocycles. The average Bonchev–Trinajstić information content (AvgIpc) is 3.12. The standard InChI is InChI=1S/C16H19ClFNO3/c17-11-4-3-10(9-12(11)18)14-13(5-8-22-14)19-15(20)16(21)6-1-2-7-16/h3-4,9,13-14,21H,1-2,5-8H2,(H,19,20)/t13-,14-/m0/s1. The van der Waals surface area contributed by atoms with Crippen LogP contribution in [-0.4, -0.2) is 29.3 Å². The lowest BCUT2D eigenvalue weighted by Gasteiger charge is -2.26. The van der Waals surface area contributed by atoms with Crippen LogP contribution < -0.4 is 5.32 Å². The molecule has 2 aliphatic rings. The summed E-state index contributed by atoms with van der Waals surface area (Å²) in [4.78, 5) is 12.3. The fraction of sp³-hybridized carbons (Fsp3) is 0.562.